The highest BCUT2D eigenvalue weighted by Crippen LogP contribution is 2.04. The van der Waals surface area contributed by atoms with Gasteiger partial charge < -0.3 is 10.6 Å². The minimum atomic E-state index is -3.01. The van der Waals surface area contributed by atoms with Crippen molar-refractivity contribution in [3.63, 3.8) is 0 Å². The fraction of sp³-hybridized carbons (Fsp3) is 0.467. The zero-order chi connectivity index (χ0) is 16.6. The number of rotatable bonds is 7. The Kier molecular flexibility index (Phi) is 6.86. The minimum absolute atomic E-state index is 0.0510. The summed E-state index contributed by atoms with van der Waals surface area (Å²) in [5.41, 5.74) is 1.57. The molecule has 2 N–H and O–H groups in total. The molecule has 22 heavy (non-hydrogen) atoms. The molecule has 7 heteroatoms. The van der Waals surface area contributed by atoms with Crippen LogP contribution in [0.15, 0.2) is 24.3 Å². The van der Waals surface area contributed by atoms with E-state index in [2.05, 4.69) is 16.7 Å². The average Bonchev–Trinajstić information content (AvgIpc) is 2.44. The summed E-state index contributed by atoms with van der Waals surface area (Å²) >= 11 is 0. The highest BCUT2D eigenvalue weighted by Gasteiger charge is 2.10. The lowest BCUT2D eigenvalue weighted by molar-refractivity contribution is 0.237. The Morgan fingerprint density at radius 1 is 1.41 bits per heavy atom. The summed E-state index contributed by atoms with van der Waals surface area (Å²) in [4.78, 5) is 11.7. The van der Waals surface area contributed by atoms with Crippen molar-refractivity contribution in [3.8, 4) is 6.07 Å². The number of amides is 2. The van der Waals surface area contributed by atoms with Crippen LogP contribution in [0.2, 0.25) is 0 Å². The van der Waals surface area contributed by atoms with Gasteiger partial charge in [-0.2, -0.15) is 5.26 Å². The maximum atomic E-state index is 11.7. The number of urea groups is 1. The van der Waals surface area contributed by atoms with E-state index in [-0.39, 0.29) is 17.8 Å². The third-order valence-corrected chi connectivity index (χ3v) is 4.03. The van der Waals surface area contributed by atoms with Crippen molar-refractivity contribution in [3.05, 3.63) is 35.4 Å². The predicted octanol–water partition coefficient (Wildman–Crippen LogP) is 1.22. The summed E-state index contributed by atoms with van der Waals surface area (Å²) in [6.07, 6.45) is 2.19. The Bertz CT molecular complexity index is 650. The molecule has 0 heterocycles. The van der Waals surface area contributed by atoms with E-state index in [1.807, 2.05) is 6.07 Å². The van der Waals surface area contributed by atoms with Crippen LogP contribution >= 0.6 is 0 Å². The van der Waals surface area contributed by atoms with Crippen LogP contribution in [-0.4, -0.2) is 39.0 Å². The lowest BCUT2D eigenvalue weighted by Crippen LogP contribution is -2.42. The number of carbonyl (C=O) groups is 1. The summed E-state index contributed by atoms with van der Waals surface area (Å²) in [7, 11) is -3.01. The van der Waals surface area contributed by atoms with Crippen LogP contribution < -0.4 is 10.6 Å². The molecule has 6 nitrogen and oxygen atoms in total. The van der Waals surface area contributed by atoms with Crippen molar-refractivity contribution >= 4 is 15.9 Å². The molecule has 0 fully saturated rings. The second-order valence-electron chi connectivity index (χ2n) is 5.28. The lowest BCUT2D eigenvalue weighted by Gasteiger charge is -2.14. The van der Waals surface area contributed by atoms with Gasteiger partial charge >= 0.3 is 6.03 Å². The first-order chi connectivity index (χ1) is 10.3. The molecule has 2 amide bonds. The third kappa shape index (κ3) is 7.64. The largest absolute Gasteiger partial charge is 0.338 e. The molecule has 0 aliphatic carbocycles. The van der Waals surface area contributed by atoms with Crippen molar-refractivity contribution in [2.45, 2.75) is 25.8 Å². The van der Waals surface area contributed by atoms with Gasteiger partial charge in [-0.1, -0.05) is 12.1 Å². The number of benzene rings is 1. The van der Waals surface area contributed by atoms with E-state index in [1.54, 1.807) is 25.1 Å². The van der Waals surface area contributed by atoms with Crippen LogP contribution in [-0.2, 0) is 16.3 Å². The van der Waals surface area contributed by atoms with Crippen molar-refractivity contribution in [2.75, 3.05) is 18.6 Å². The number of hydrogen-bond donors (Lipinski definition) is 2. The van der Waals surface area contributed by atoms with E-state index >= 15 is 0 Å². The van der Waals surface area contributed by atoms with Gasteiger partial charge in [-0.25, -0.2) is 13.2 Å². The average molecular weight is 323 g/mol. The fourth-order valence-electron chi connectivity index (χ4n) is 1.85. The molecule has 0 saturated heterocycles. The Hall–Kier alpha value is -2.07. The SMILES string of the molecule is CC(CCS(C)(=O)=O)NC(=O)NCCc1cccc(C#N)c1. The minimum Gasteiger partial charge on any atom is -0.338 e. The summed E-state index contributed by atoms with van der Waals surface area (Å²) in [5, 5.41) is 14.2. The number of nitrogens with zero attached hydrogens (tertiary/aromatic N) is 1. The molecule has 0 saturated carbocycles. The van der Waals surface area contributed by atoms with Gasteiger partial charge in [0.05, 0.1) is 17.4 Å². The van der Waals surface area contributed by atoms with E-state index in [0.717, 1.165) is 5.56 Å². The zero-order valence-electron chi connectivity index (χ0n) is 12.8. The predicted molar refractivity (Wildman–Crippen MR) is 85.2 cm³/mol. The van der Waals surface area contributed by atoms with Crippen LogP contribution in [0.1, 0.15) is 24.5 Å². The molecule has 0 aliphatic heterocycles. The number of nitrogens with one attached hydrogen (secondary N) is 2. The highest BCUT2D eigenvalue weighted by atomic mass is 32.2. The smallest absolute Gasteiger partial charge is 0.315 e. The summed E-state index contributed by atoms with van der Waals surface area (Å²) in [6, 6.07) is 8.76. The molecule has 0 spiro atoms. The topological polar surface area (TPSA) is 99.1 Å². The van der Waals surface area contributed by atoms with Gasteiger partial charge in [0, 0.05) is 18.8 Å². The summed E-state index contributed by atoms with van der Waals surface area (Å²) < 4.78 is 22.1. The van der Waals surface area contributed by atoms with Crippen LogP contribution in [0.5, 0.6) is 0 Å². The van der Waals surface area contributed by atoms with Gasteiger partial charge in [0.15, 0.2) is 0 Å². The van der Waals surface area contributed by atoms with Crippen molar-refractivity contribution in [1.82, 2.24) is 10.6 Å². The van der Waals surface area contributed by atoms with Crippen LogP contribution in [0.4, 0.5) is 4.79 Å². The van der Waals surface area contributed by atoms with Crippen LogP contribution in [0, 0.1) is 11.3 Å². The van der Waals surface area contributed by atoms with Gasteiger partial charge in [0.2, 0.25) is 0 Å². The van der Waals surface area contributed by atoms with Crippen LogP contribution in [0.25, 0.3) is 0 Å². The number of carbonyl (C=O) groups excluding carboxylic acids is 1. The number of nitriles is 1. The third-order valence-electron chi connectivity index (χ3n) is 3.05. The first-order valence-electron chi connectivity index (χ1n) is 7.01. The first kappa shape index (κ1) is 18.0. The number of sulfone groups is 1. The zero-order valence-corrected chi connectivity index (χ0v) is 13.6. The van der Waals surface area contributed by atoms with Gasteiger partial charge in [-0.05, 0) is 37.5 Å². The second kappa shape index (κ2) is 8.39. The molecule has 1 rings (SSSR count). The molecule has 1 unspecified atom stereocenters. The molecule has 0 aromatic heterocycles. The van der Waals surface area contributed by atoms with E-state index in [4.69, 9.17) is 5.26 Å². The van der Waals surface area contributed by atoms with Gasteiger partial charge in [0.1, 0.15) is 9.84 Å². The molecule has 0 bridgehead atoms. The molecule has 1 aromatic carbocycles. The molecule has 0 radical (unpaired) electrons. The van der Waals surface area contributed by atoms with Gasteiger partial charge in [-0.15, -0.1) is 0 Å². The van der Waals surface area contributed by atoms with Crippen molar-refractivity contribution in [2.24, 2.45) is 0 Å². The first-order valence-corrected chi connectivity index (χ1v) is 9.07. The van der Waals surface area contributed by atoms with E-state index < -0.39 is 9.84 Å². The Morgan fingerprint density at radius 2 is 2.14 bits per heavy atom. The molecule has 0 aliphatic rings. The Labute approximate surface area is 131 Å². The van der Waals surface area contributed by atoms with Gasteiger partial charge in [-0.3, -0.25) is 0 Å². The van der Waals surface area contributed by atoms with Gasteiger partial charge in [0.25, 0.3) is 0 Å². The number of hydrogen-bond acceptors (Lipinski definition) is 4. The van der Waals surface area contributed by atoms with E-state index in [0.29, 0.717) is 24.9 Å². The second-order valence-corrected chi connectivity index (χ2v) is 7.54. The normalized spacial score (nSPS) is 12.2. The monoisotopic (exact) mass is 323 g/mol. The molecular formula is C15H21N3O3S. The van der Waals surface area contributed by atoms with E-state index in [1.165, 1.54) is 6.26 Å². The Balaban J connectivity index is 2.29. The maximum absolute atomic E-state index is 11.7. The standard InChI is InChI=1S/C15H21N3O3S/c1-12(7-9-22(2,20)21)18-15(19)17-8-6-13-4-3-5-14(10-13)11-16/h3-5,10,12H,6-9H2,1-2H3,(H2,17,18,19). The van der Waals surface area contributed by atoms with Crippen molar-refractivity contribution in [1.29, 1.82) is 5.26 Å². The van der Waals surface area contributed by atoms with E-state index in [9.17, 15) is 13.2 Å². The van der Waals surface area contributed by atoms with Crippen LogP contribution in [0.3, 0.4) is 0 Å². The maximum Gasteiger partial charge on any atom is 0.315 e. The van der Waals surface area contributed by atoms with Crippen molar-refractivity contribution < 1.29 is 13.2 Å². The lowest BCUT2D eigenvalue weighted by atomic mass is 10.1. The highest BCUT2D eigenvalue weighted by molar-refractivity contribution is 7.90. The Morgan fingerprint density at radius 3 is 2.77 bits per heavy atom. The fourth-order valence-corrected chi connectivity index (χ4v) is 2.64. The summed E-state index contributed by atoms with van der Waals surface area (Å²) in [6.45, 7) is 2.21. The molecular weight excluding hydrogens is 302 g/mol. The molecule has 1 atom stereocenters. The summed E-state index contributed by atoms with van der Waals surface area (Å²) in [5.74, 6) is 0.0510. The molecule has 120 valence electrons. The quantitative estimate of drug-likeness (QED) is 0.788. The molecule has 1 aromatic rings.